The van der Waals surface area contributed by atoms with Gasteiger partial charge in [0, 0.05) is 6.61 Å². The first-order valence-corrected chi connectivity index (χ1v) is 10.1. The van der Waals surface area contributed by atoms with Crippen molar-refractivity contribution in [1.82, 2.24) is 0 Å². The molecule has 3 nitrogen and oxygen atoms in total. The first-order valence-electron chi connectivity index (χ1n) is 7.20. The SMILES string of the molecule is CC(C)(C)[Si](C)(C)OCCCCCC1OCCO1. The lowest BCUT2D eigenvalue weighted by Crippen LogP contribution is -2.40. The van der Waals surface area contributed by atoms with E-state index in [1.807, 2.05) is 0 Å². The van der Waals surface area contributed by atoms with Crippen LogP contribution in [0, 0.1) is 0 Å². The minimum absolute atomic E-state index is 0.0614. The van der Waals surface area contributed by atoms with Gasteiger partial charge >= 0.3 is 0 Å². The summed E-state index contributed by atoms with van der Waals surface area (Å²) in [4.78, 5) is 0. The van der Waals surface area contributed by atoms with E-state index in [1.165, 1.54) is 12.8 Å². The van der Waals surface area contributed by atoms with Gasteiger partial charge in [0.05, 0.1) is 13.2 Å². The number of ether oxygens (including phenoxy) is 2. The quantitative estimate of drug-likeness (QED) is 0.520. The molecule has 1 saturated heterocycles. The van der Waals surface area contributed by atoms with Gasteiger partial charge in [0.25, 0.3) is 0 Å². The Kier molecular flexibility index (Phi) is 6.31. The topological polar surface area (TPSA) is 27.7 Å². The zero-order chi connectivity index (χ0) is 13.6. The standard InChI is InChI=1S/C14H30O3Si/c1-14(2,3)18(4,5)17-10-8-6-7-9-13-15-11-12-16-13/h13H,6-12H2,1-5H3. The first-order chi connectivity index (χ1) is 8.33. The molecule has 0 spiro atoms. The number of hydrogen-bond acceptors (Lipinski definition) is 3. The molecule has 0 aliphatic carbocycles. The highest BCUT2D eigenvalue weighted by Crippen LogP contribution is 2.36. The normalized spacial score (nSPS) is 18.5. The smallest absolute Gasteiger partial charge is 0.191 e. The van der Waals surface area contributed by atoms with Gasteiger partial charge in [-0.15, -0.1) is 0 Å². The van der Waals surface area contributed by atoms with Crippen LogP contribution in [0.15, 0.2) is 0 Å². The summed E-state index contributed by atoms with van der Waals surface area (Å²) < 4.78 is 17.0. The van der Waals surface area contributed by atoms with Crippen molar-refractivity contribution in [1.29, 1.82) is 0 Å². The molecule has 1 aliphatic rings. The van der Waals surface area contributed by atoms with Crippen LogP contribution in [0.5, 0.6) is 0 Å². The number of rotatable bonds is 7. The summed E-state index contributed by atoms with van der Waals surface area (Å²) in [5.41, 5.74) is 0. The van der Waals surface area contributed by atoms with Crippen molar-refractivity contribution in [2.24, 2.45) is 0 Å². The van der Waals surface area contributed by atoms with Crippen LogP contribution in [0.3, 0.4) is 0 Å². The minimum atomic E-state index is -1.54. The van der Waals surface area contributed by atoms with Crippen LogP contribution < -0.4 is 0 Å². The van der Waals surface area contributed by atoms with Crippen LogP contribution in [-0.4, -0.2) is 34.4 Å². The molecule has 0 radical (unpaired) electrons. The highest BCUT2D eigenvalue weighted by Gasteiger charge is 2.36. The summed E-state index contributed by atoms with van der Waals surface area (Å²) >= 11 is 0. The van der Waals surface area contributed by atoms with Crippen LogP contribution >= 0.6 is 0 Å². The Morgan fingerprint density at radius 1 is 1.06 bits per heavy atom. The molecule has 18 heavy (non-hydrogen) atoms. The molecular formula is C14H30O3Si. The van der Waals surface area contributed by atoms with E-state index in [2.05, 4.69) is 33.9 Å². The Morgan fingerprint density at radius 2 is 1.67 bits per heavy atom. The van der Waals surface area contributed by atoms with Gasteiger partial charge in [-0.25, -0.2) is 0 Å². The second kappa shape index (κ2) is 7.03. The molecule has 0 bridgehead atoms. The van der Waals surface area contributed by atoms with E-state index in [4.69, 9.17) is 13.9 Å². The van der Waals surface area contributed by atoms with Crippen LogP contribution in [0.25, 0.3) is 0 Å². The van der Waals surface area contributed by atoms with Crippen molar-refractivity contribution in [3.63, 3.8) is 0 Å². The fourth-order valence-electron chi connectivity index (χ4n) is 1.71. The maximum atomic E-state index is 6.14. The van der Waals surface area contributed by atoms with E-state index in [0.717, 1.165) is 32.7 Å². The first kappa shape index (κ1) is 16.2. The van der Waals surface area contributed by atoms with Crippen LogP contribution in [0.4, 0.5) is 0 Å². The van der Waals surface area contributed by atoms with Crippen molar-refractivity contribution < 1.29 is 13.9 Å². The lowest BCUT2D eigenvalue weighted by molar-refractivity contribution is -0.0481. The highest BCUT2D eigenvalue weighted by atomic mass is 28.4. The van der Waals surface area contributed by atoms with E-state index in [1.54, 1.807) is 0 Å². The van der Waals surface area contributed by atoms with Gasteiger partial charge in [0.1, 0.15) is 0 Å². The molecule has 1 fully saturated rings. The summed E-state index contributed by atoms with van der Waals surface area (Å²) in [6.45, 7) is 13.9. The summed E-state index contributed by atoms with van der Waals surface area (Å²) in [7, 11) is -1.54. The Morgan fingerprint density at radius 3 is 2.22 bits per heavy atom. The fourth-order valence-corrected chi connectivity index (χ4v) is 2.80. The molecule has 0 aromatic heterocycles. The largest absolute Gasteiger partial charge is 0.417 e. The maximum absolute atomic E-state index is 6.14. The second-order valence-corrected chi connectivity index (χ2v) is 11.4. The molecule has 1 aliphatic heterocycles. The van der Waals surface area contributed by atoms with Gasteiger partial charge in [-0.3, -0.25) is 0 Å². The average Bonchev–Trinajstić information content (AvgIpc) is 2.74. The third-order valence-corrected chi connectivity index (χ3v) is 8.58. The van der Waals surface area contributed by atoms with Gasteiger partial charge in [-0.2, -0.15) is 0 Å². The highest BCUT2D eigenvalue weighted by molar-refractivity contribution is 6.74. The van der Waals surface area contributed by atoms with E-state index in [0.29, 0.717) is 5.04 Å². The lowest BCUT2D eigenvalue weighted by atomic mass is 10.2. The molecule has 0 saturated carbocycles. The summed E-state index contributed by atoms with van der Waals surface area (Å²) in [6.07, 6.45) is 4.62. The predicted octanol–water partition coefficient (Wildman–Crippen LogP) is 3.94. The van der Waals surface area contributed by atoms with E-state index in [-0.39, 0.29) is 6.29 Å². The Balaban J connectivity index is 2.01. The van der Waals surface area contributed by atoms with E-state index < -0.39 is 8.32 Å². The van der Waals surface area contributed by atoms with Crippen molar-refractivity contribution in [3.05, 3.63) is 0 Å². The van der Waals surface area contributed by atoms with Gasteiger partial charge < -0.3 is 13.9 Å². The number of hydrogen-bond donors (Lipinski definition) is 0. The summed E-state index contributed by atoms with van der Waals surface area (Å²) in [6, 6.07) is 0. The predicted molar refractivity (Wildman–Crippen MR) is 77.3 cm³/mol. The fraction of sp³-hybridized carbons (Fsp3) is 1.00. The molecular weight excluding hydrogens is 244 g/mol. The summed E-state index contributed by atoms with van der Waals surface area (Å²) in [5.74, 6) is 0. The zero-order valence-corrected chi connectivity index (χ0v) is 13.8. The third-order valence-electron chi connectivity index (χ3n) is 4.04. The molecule has 0 atom stereocenters. The Bertz CT molecular complexity index is 230. The van der Waals surface area contributed by atoms with Crippen molar-refractivity contribution in [2.45, 2.75) is 70.9 Å². The molecule has 0 unspecified atom stereocenters. The average molecular weight is 274 g/mol. The molecule has 4 heteroatoms. The van der Waals surface area contributed by atoms with Crippen LogP contribution in [0.2, 0.25) is 18.1 Å². The molecule has 0 aromatic carbocycles. The van der Waals surface area contributed by atoms with Gasteiger partial charge in [-0.1, -0.05) is 27.2 Å². The van der Waals surface area contributed by atoms with E-state index in [9.17, 15) is 0 Å². The Hall–Kier alpha value is 0.0969. The molecule has 1 heterocycles. The molecule has 0 aromatic rings. The molecule has 0 amide bonds. The van der Waals surface area contributed by atoms with Crippen molar-refractivity contribution in [2.75, 3.05) is 19.8 Å². The van der Waals surface area contributed by atoms with E-state index >= 15 is 0 Å². The maximum Gasteiger partial charge on any atom is 0.191 e. The van der Waals surface area contributed by atoms with Crippen LogP contribution in [0.1, 0.15) is 46.5 Å². The van der Waals surface area contributed by atoms with Gasteiger partial charge in [0.15, 0.2) is 14.6 Å². The van der Waals surface area contributed by atoms with Crippen molar-refractivity contribution >= 4 is 8.32 Å². The molecule has 108 valence electrons. The third kappa shape index (κ3) is 5.39. The molecule has 1 rings (SSSR count). The second-order valence-electron chi connectivity index (χ2n) is 6.63. The van der Waals surface area contributed by atoms with Gasteiger partial charge in [0.2, 0.25) is 0 Å². The number of unbranched alkanes of at least 4 members (excludes halogenated alkanes) is 2. The lowest BCUT2D eigenvalue weighted by Gasteiger charge is -2.36. The zero-order valence-electron chi connectivity index (χ0n) is 12.8. The van der Waals surface area contributed by atoms with Gasteiger partial charge in [-0.05, 0) is 37.4 Å². The minimum Gasteiger partial charge on any atom is -0.417 e. The summed E-state index contributed by atoms with van der Waals surface area (Å²) in [5, 5.41) is 0.318. The molecule has 0 N–H and O–H groups in total. The Labute approximate surface area is 113 Å². The van der Waals surface area contributed by atoms with Crippen LogP contribution in [-0.2, 0) is 13.9 Å². The van der Waals surface area contributed by atoms with Crippen molar-refractivity contribution in [3.8, 4) is 0 Å². The monoisotopic (exact) mass is 274 g/mol.